The van der Waals surface area contributed by atoms with Crippen LogP contribution in [0.15, 0.2) is 34.2 Å². The Morgan fingerprint density at radius 3 is 2.79 bits per heavy atom. The zero-order valence-corrected chi connectivity index (χ0v) is 16.5. The lowest BCUT2D eigenvalue weighted by Crippen LogP contribution is -2.31. The molecule has 3 aromatic rings. The Balaban J connectivity index is 1.94. The van der Waals surface area contributed by atoms with Gasteiger partial charge in [-0.2, -0.15) is 0 Å². The molecule has 148 valence electrons. The van der Waals surface area contributed by atoms with Gasteiger partial charge in [-0.25, -0.2) is 0 Å². The first-order chi connectivity index (χ1) is 13.6. The van der Waals surface area contributed by atoms with Crippen molar-refractivity contribution in [2.24, 2.45) is 0 Å². The van der Waals surface area contributed by atoms with Gasteiger partial charge in [0.2, 0.25) is 11.7 Å². The molecule has 0 atom stereocenters. The highest BCUT2D eigenvalue weighted by atomic mass is 32.2. The molecule has 0 bridgehead atoms. The van der Waals surface area contributed by atoms with Gasteiger partial charge in [0.25, 0.3) is 5.56 Å². The first-order valence-corrected chi connectivity index (χ1v) is 9.88. The maximum Gasteiger partial charge on any atom is 0.325 e. The molecule has 28 heavy (non-hydrogen) atoms. The minimum atomic E-state index is -0.516. The number of rotatable bonds is 8. The minimum Gasteiger partial charge on any atom is -0.468 e. The molecule has 0 saturated heterocycles. The van der Waals surface area contributed by atoms with Crippen LogP contribution in [0, 0.1) is 0 Å². The first kappa shape index (κ1) is 19.9. The lowest BCUT2D eigenvalue weighted by atomic mass is 10.2. The van der Waals surface area contributed by atoms with Crippen LogP contribution in [0.2, 0.25) is 0 Å². The van der Waals surface area contributed by atoms with Crippen LogP contribution < -0.4 is 10.9 Å². The number of fused-ring (bicyclic) bond motifs is 3. The third-order valence-corrected chi connectivity index (χ3v) is 5.13. The topological polar surface area (TPSA) is 108 Å². The largest absolute Gasteiger partial charge is 0.468 e. The number of benzene rings is 1. The van der Waals surface area contributed by atoms with E-state index in [1.807, 2.05) is 18.2 Å². The molecule has 0 spiro atoms. The molecular weight excluding hydrogens is 382 g/mol. The number of hydrogen-bond acceptors (Lipinski definition) is 7. The number of carbonyl (C=O) groups excluding carboxylic acids is 2. The fourth-order valence-corrected chi connectivity index (χ4v) is 3.54. The van der Waals surface area contributed by atoms with Gasteiger partial charge >= 0.3 is 5.97 Å². The molecule has 0 fully saturated rings. The molecule has 1 aromatic carbocycles. The van der Waals surface area contributed by atoms with Gasteiger partial charge < -0.3 is 10.1 Å². The van der Waals surface area contributed by atoms with Crippen molar-refractivity contribution in [2.45, 2.75) is 31.5 Å². The third-order valence-electron chi connectivity index (χ3n) is 4.20. The van der Waals surface area contributed by atoms with Crippen LogP contribution in [0.25, 0.3) is 16.7 Å². The van der Waals surface area contributed by atoms with E-state index in [1.54, 1.807) is 15.0 Å². The molecule has 2 aromatic heterocycles. The SMILES string of the molecule is CCCCn1c(=O)c2ccccc2n2c(SCC(=O)NCC(=O)OC)nnc12. The average molecular weight is 403 g/mol. The van der Waals surface area contributed by atoms with Gasteiger partial charge in [-0.15, -0.1) is 10.2 Å². The minimum absolute atomic E-state index is 0.0558. The summed E-state index contributed by atoms with van der Waals surface area (Å²) in [5.41, 5.74) is 0.592. The van der Waals surface area contributed by atoms with Crippen molar-refractivity contribution in [1.82, 2.24) is 24.5 Å². The van der Waals surface area contributed by atoms with E-state index in [2.05, 4.69) is 27.2 Å². The van der Waals surface area contributed by atoms with Crippen molar-refractivity contribution >= 4 is 40.3 Å². The van der Waals surface area contributed by atoms with Gasteiger partial charge in [-0.3, -0.25) is 23.4 Å². The number of nitrogens with zero attached hydrogens (tertiary/aromatic N) is 4. The van der Waals surface area contributed by atoms with Crippen molar-refractivity contribution < 1.29 is 14.3 Å². The van der Waals surface area contributed by atoms with Crippen LogP contribution in [-0.2, 0) is 20.9 Å². The average Bonchev–Trinajstić information content (AvgIpc) is 3.14. The molecule has 3 rings (SSSR count). The first-order valence-electron chi connectivity index (χ1n) is 8.89. The number of unbranched alkanes of at least 4 members (excludes halogenated alkanes) is 1. The molecule has 10 heteroatoms. The number of carbonyl (C=O) groups is 2. The van der Waals surface area contributed by atoms with Crippen LogP contribution in [0.4, 0.5) is 0 Å². The number of thioether (sulfide) groups is 1. The number of aryl methyl sites for hydroxylation is 1. The molecule has 1 N–H and O–H groups in total. The number of methoxy groups -OCH3 is 1. The summed E-state index contributed by atoms with van der Waals surface area (Å²) in [5, 5.41) is 11.9. The van der Waals surface area contributed by atoms with Crippen LogP contribution in [-0.4, -0.2) is 50.4 Å². The van der Waals surface area contributed by atoms with Gasteiger partial charge in [-0.1, -0.05) is 37.2 Å². The quantitative estimate of drug-likeness (QED) is 0.445. The standard InChI is InChI=1S/C18H21N5O4S/c1-3-4-9-22-16(26)12-7-5-6-8-13(12)23-17(22)20-21-18(23)28-11-14(24)19-10-15(25)27-2/h5-8H,3-4,9-11H2,1-2H3,(H,19,24). The summed E-state index contributed by atoms with van der Waals surface area (Å²) in [5.74, 6) is -0.331. The van der Waals surface area contributed by atoms with Gasteiger partial charge in [0.05, 0.1) is 23.8 Å². The second-order valence-electron chi connectivity index (χ2n) is 6.09. The molecule has 0 unspecified atom stereocenters. The molecular formula is C18H21N5O4S. The lowest BCUT2D eigenvalue weighted by Gasteiger charge is -2.10. The molecule has 1 amide bonds. The zero-order chi connectivity index (χ0) is 20.1. The fourth-order valence-electron chi connectivity index (χ4n) is 2.77. The summed E-state index contributed by atoms with van der Waals surface area (Å²) >= 11 is 1.19. The van der Waals surface area contributed by atoms with Crippen LogP contribution in [0.3, 0.4) is 0 Å². The Morgan fingerprint density at radius 1 is 1.25 bits per heavy atom. The van der Waals surface area contributed by atoms with Crippen LogP contribution >= 0.6 is 11.8 Å². The number of amides is 1. The zero-order valence-electron chi connectivity index (χ0n) is 15.7. The van der Waals surface area contributed by atoms with Crippen molar-refractivity contribution in [3.63, 3.8) is 0 Å². The lowest BCUT2D eigenvalue weighted by molar-refractivity contribution is -0.140. The smallest absolute Gasteiger partial charge is 0.325 e. The van der Waals surface area contributed by atoms with Crippen molar-refractivity contribution in [1.29, 1.82) is 0 Å². The summed E-state index contributed by atoms with van der Waals surface area (Å²) in [6.45, 7) is 2.42. The number of ether oxygens (including phenoxy) is 1. The maximum atomic E-state index is 12.9. The molecule has 0 saturated carbocycles. The number of nitrogens with one attached hydrogen (secondary N) is 1. The Labute approximate surface area is 165 Å². The van der Waals surface area contributed by atoms with E-state index in [-0.39, 0.29) is 23.8 Å². The number of aromatic nitrogens is 4. The third kappa shape index (κ3) is 4.01. The fraction of sp³-hybridized carbons (Fsp3) is 0.389. The predicted molar refractivity (Wildman–Crippen MR) is 105 cm³/mol. The molecule has 0 aliphatic carbocycles. The Hall–Kier alpha value is -2.88. The number of hydrogen-bond donors (Lipinski definition) is 1. The number of esters is 1. The van der Waals surface area contributed by atoms with E-state index in [0.29, 0.717) is 28.4 Å². The highest BCUT2D eigenvalue weighted by Gasteiger charge is 2.17. The second kappa shape index (κ2) is 8.87. The van der Waals surface area contributed by atoms with E-state index >= 15 is 0 Å². The van der Waals surface area contributed by atoms with Gasteiger partial charge in [0.15, 0.2) is 5.16 Å². The van der Waals surface area contributed by atoms with Crippen molar-refractivity contribution in [3.8, 4) is 0 Å². The monoisotopic (exact) mass is 403 g/mol. The molecule has 9 nitrogen and oxygen atoms in total. The number of para-hydroxylation sites is 1. The van der Waals surface area contributed by atoms with E-state index < -0.39 is 5.97 Å². The van der Waals surface area contributed by atoms with Crippen LogP contribution in [0.5, 0.6) is 0 Å². The highest BCUT2D eigenvalue weighted by molar-refractivity contribution is 7.99. The maximum absolute atomic E-state index is 12.9. The molecule has 0 radical (unpaired) electrons. The van der Waals surface area contributed by atoms with Gasteiger partial charge in [0.1, 0.15) is 6.54 Å². The summed E-state index contributed by atoms with van der Waals surface area (Å²) in [7, 11) is 1.26. The van der Waals surface area contributed by atoms with E-state index in [9.17, 15) is 14.4 Å². The summed E-state index contributed by atoms with van der Waals surface area (Å²) < 4.78 is 7.92. The Kier molecular flexibility index (Phi) is 6.30. The van der Waals surface area contributed by atoms with E-state index in [1.165, 1.54) is 18.9 Å². The molecule has 0 aliphatic heterocycles. The predicted octanol–water partition coefficient (Wildman–Crippen LogP) is 1.23. The van der Waals surface area contributed by atoms with Crippen LogP contribution in [0.1, 0.15) is 19.8 Å². The summed E-state index contributed by atoms with van der Waals surface area (Å²) in [6, 6.07) is 7.27. The normalized spacial score (nSPS) is 11.1. The highest BCUT2D eigenvalue weighted by Crippen LogP contribution is 2.21. The van der Waals surface area contributed by atoms with Crippen molar-refractivity contribution in [2.75, 3.05) is 19.4 Å². The molecule has 2 heterocycles. The molecule has 0 aliphatic rings. The van der Waals surface area contributed by atoms with Crippen molar-refractivity contribution in [3.05, 3.63) is 34.6 Å². The summed E-state index contributed by atoms with van der Waals surface area (Å²) in [6.07, 6.45) is 1.79. The second-order valence-corrected chi connectivity index (χ2v) is 7.03. The van der Waals surface area contributed by atoms with E-state index in [0.717, 1.165) is 12.8 Å². The van der Waals surface area contributed by atoms with Gasteiger partial charge in [-0.05, 0) is 18.6 Å². The van der Waals surface area contributed by atoms with Gasteiger partial charge in [0, 0.05) is 6.54 Å². The Bertz CT molecular complexity index is 1070. The summed E-state index contributed by atoms with van der Waals surface area (Å²) in [4.78, 5) is 36.0. The van der Waals surface area contributed by atoms with E-state index in [4.69, 9.17) is 0 Å². The Morgan fingerprint density at radius 2 is 2.04 bits per heavy atom.